The smallest absolute Gasteiger partial charge is 0.438 e. The minimum atomic E-state index is -6.86. The number of alkyl halides is 12. The second kappa shape index (κ2) is 34.5. The fourth-order valence-corrected chi connectivity index (χ4v) is 11.1. The zero-order chi connectivity index (χ0) is 77.9. The fraction of sp³-hybridized carbons (Fsp3) is 0.379. The van der Waals surface area contributed by atoms with E-state index in [-0.39, 0.29) is 113 Å². The van der Waals surface area contributed by atoms with Crippen LogP contribution in [0.25, 0.3) is 0 Å². The number of hydrogen-bond acceptors (Lipinski definition) is 18. The van der Waals surface area contributed by atoms with Crippen molar-refractivity contribution < 1.29 is 136 Å². The number of esters is 6. The summed E-state index contributed by atoms with van der Waals surface area (Å²) < 4.78 is 265. The van der Waals surface area contributed by atoms with E-state index in [1.165, 1.54) is 48.5 Å². The third-order valence-electron chi connectivity index (χ3n) is 14.7. The number of carbonyl (C=O) groups is 6. The van der Waals surface area contributed by atoms with Crippen molar-refractivity contribution in [2.24, 2.45) is 5.41 Å². The summed E-state index contributed by atoms with van der Waals surface area (Å²) in [4.78, 5) is 81.1. The Hall–Kier alpha value is -7.32. The molecule has 516 valence electrons. The highest BCUT2D eigenvalue weighted by molar-refractivity contribution is 7.86. The number of rotatable bonds is 28. The molecule has 0 aliphatic carbocycles. The monoisotopic (exact) mass is 1450 g/mol. The highest BCUT2D eigenvalue weighted by Crippen LogP contribution is 2.50. The number of carbonyl (C=O) groups excluding carboxylic acids is 6. The summed E-state index contributed by atoms with van der Waals surface area (Å²) in [6.07, 6.45) is -30.1. The van der Waals surface area contributed by atoms with E-state index in [4.69, 9.17) is 113 Å². The zero-order valence-corrected chi connectivity index (χ0v) is 54.5. The number of hydrogen-bond donors (Lipinski definition) is 0. The second-order valence-corrected chi connectivity index (χ2v) is 24.5. The summed E-state index contributed by atoms with van der Waals surface area (Å²) in [5.41, 5.74) is -16.7. The Morgan fingerprint density at radius 3 is 0.725 bits per heavy atom. The molecule has 0 heterocycles. The molecule has 44 heteroatoms. The van der Waals surface area contributed by atoms with Crippen LogP contribution in [0.4, 0.5) is 52.7 Å². The molecule has 0 atom stereocenters. The van der Waals surface area contributed by atoms with Gasteiger partial charge in [-0.3, -0.25) is 4.79 Å². The molecule has 18 nitrogen and oxygen atoms in total. The molecule has 0 unspecified atom stereocenters. The maximum atomic E-state index is 14.1. The standard InChI is InChI=1S/C31H22B6F6O9S.C27H22B6F6O9S/c32-8-15-1-20(10-34)24(21(2-15)11-35)50-26(44)17-5-18(27(45)51-25-22(12-36)3-16(9-33)4-23(25)13-37)7-19(6-17)28(46)52-29(30(38,39)40,31(41,42)43)14-53(47,48)49;1-24(21(40)46-19-15(8-30)2-13(6-28)3-16(19)9-31,22(41)47-20-17(10-32)4-14(7-29)5-18(20)11-33)23(42)48-25(26(34,35)36,27(37,38)39)12-49(43,44)45/h1-7H,8-14H2,(H,47,48,49);2-5H,6-12H2,1H3,(H,43,44,45)/p-2. The Bertz CT molecular complexity index is 3900. The van der Waals surface area contributed by atoms with Gasteiger partial charge >= 0.3 is 71.7 Å². The van der Waals surface area contributed by atoms with E-state index in [1.807, 2.05) is 0 Å². The van der Waals surface area contributed by atoms with E-state index in [1.54, 1.807) is 0 Å². The minimum Gasteiger partial charge on any atom is -0.748 e. The first-order valence-electron chi connectivity index (χ1n) is 28.7. The first-order chi connectivity index (χ1) is 47.1. The molecule has 102 heavy (non-hydrogen) atoms. The van der Waals surface area contributed by atoms with Crippen LogP contribution in [0, 0.1) is 5.41 Å². The van der Waals surface area contributed by atoms with Crippen molar-refractivity contribution in [2.45, 2.75) is 119 Å². The van der Waals surface area contributed by atoms with Crippen LogP contribution in [0.5, 0.6) is 23.0 Å². The van der Waals surface area contributed by atoms with Crippen LogP contribution in [0.15, 0.2) is 66.7 Å². The summed E-state index contributed by atoms with van der Waals surface area (Å²) in [6.45, 7) is 0.181. The van der Waals surface area contributed by atoms with Gasteiger partial charge in [-0.15, -0.1) is 0 Å². The minimum absolute atomic E-state index is 0.0154. The third-order valence-corrected chi connectivity index (χ3v) is 16.2. The second-order valence-electron chi connectivity index (χ2n) is 21.7. The summed E-state index contributed by atoms with van der Waals surface area (Å²) in [7, 11) is 55.7. The Kier molecular flexibility index (Phi) is 29.5. The molecule has 0 amide bonds. The van der Waals surface area contributed by atoms with Crippen molar-refractivity contribution in [3.8, 4) is 23.0 Å². The summed E-state index contributed by atoms with van der Waals surface area (Å²) in [5.74, 6) is -21.1. The van der Waals surface area contributed by atoms with Crippen molar-refractivity contribution in [1.82, 2.24) is 0 Å². The van der Waals surface area contributed by atoms with Gasteiger partial charge in [0, 0.05) is 0 Å². The molecule has 0 fully saturated rings. The average molecular weight is 1450 g/mol. The largest absolute Gasteiger partial charge is 0.748 e. The Labute approximate surface area is 592 Å². The SMILES string of the molecule is [B]Cc1cc(C[B])c(OC(=O)C(C)(C(=O)Oc2c(C[B])cc(C[B])cc2C[B])C(=O)OC(CS(=O)(=O)[O-])(C(F)(F)F)C(F)(F)F)c(C[B])c1.[B]Cc1cc(C[B])c(OC(=O)c2cc(C(=O)Oc3c(C[B])cc(C[B])cc3C[B])cc(C(=O)OC(CS(=O)(=O)[O-])(C(F)(F)F)C(F)(F)F)c2)c(C[B])c1. The van der Waals surface area contributed by atoms with Crippen LogP contribution in [0.2, 0.25) is 0 Å². The molecular formula is C58H42B12F12O18S2-2. The molecule has 5 rings (SSSR count). The summed E-state index contributed by atoms with van der Waals surface area (Å²) in [5, 5.41) is 0. The van der Waals surface area contributed by atoms with E-state index in [0.717, 1.165) is 0 Å². The van der Waals surface area contributed by atoms with Gasteiger partial charge in [0.25, 0.3) is 5.41 Å². The average Bonchev–Trinajstić information content (AvgIpc) is 0.739. The van der Waals surface area contributed by atoms with Crippen LogP contribution in [-0.2, 0) is 120 Å². The lowest BCUT2D eigenvalue weighted by Crippen LogP contribution is -2.65. The molecule has 5 aromatic carbocycles. The van der Waals surface area contributed by atoms with Gasteiger partial charge < -0.3 is 37.5 Å². The normalized spacial score (nSPS) is 12.5. The Morgan fingerprint density at radius 1 is 0.324 bits per heavy atom. The van der Waals surface area contributed by atoms with E-state index in [0.29, 0.717) is 40.5 Å². The molecule has 0 bridgehead atoms. The molecule has 0 aliphatic heterocycles. The van der Waals surface area contributed by atoms with Crippen LogP contribution in [0.1, 0.15) is 105 Å². The molecule has 0 aromatic heterocycles. The highest BCUT2D eigenvalue weighted by Gasteiger charge is 2.77. The molecule has 5 aromatic rings. The maximum Gasteiger partial charge on any atom is 0.438 e. The highest BCUT2D eigenvalue weighted by atomic mass is 32.2. The first-order valence-corrected chi connectivity index (χ1v) is 31.9. The Balaban J connectivity index is 0.000000434. The number of ether oxygens (including phenoxy) is 6. The fourth-order valence-electron chi connectivity index (χ4n) is 9.35. The van der Waals surface area contributed by atoms with Gasteiger partial charge in [0.1, 0.15) is 23.0 Å². The predicted octanol–water partition coefficient (Wildman–Crippen LogP) is 3.87. The topological polar surface area (TPSA) is 272 Å². The molecule has 0 spiro atoms. The zero-order valence-electron chi connectivity index (χ0n) is 52.9. The molecule has 0 aliphatic rings. The van der Waals surface area contributed by atoms with Crippen LogP contribution < -0.4 is 18.9 Å². The van der Waals surface area contributed by atoms with E-state index >= 15 is 0 Å². The van der Waals surface area contributed by atoms with Crippen LogP contribution in [-0.4, -0.2) is 203 Å². The first kappa shape index (κ1) is 87.1. The van der Waals surface area contributed by atoms with Crippen molar-refractivity contribution in [1.29, 1.82) is 0 Å². The van der Waals surface area contributed by atoms with Crippen molar-refractivity contribution in [2.75, 3.05) is 11.5 Å². The van der Waals surface area contributed by atoms with E-state index in [2.05, 4.69) is 9.47 Å². The van der Waals surface area contributed by atoms with Gasteiger partial charge in [0.15, 0.2) is 0 Å². The summed E-state index contributed by atoms with van der Waals surface area (Å²) >= 11 is 0. The van der Waals surface area contributed by atoms with Gasteiger partial charge in [-0.05, 0) is 69.6 Å². The predicted molar refractivity (Wildman–Crippen MR) is 345 cm³/mol. The van der Waals surface area contributed by atoms with Gasteiger partial charge in [-0.2, -0.15) is 52.7 Å². The van der Waals surface area contributed by atoms with Crippen molar-refractivity contribution in [3.63, 3.8) is 0 Å². The molecule has 24 radical (unpaired) electrons. The quantitative estimate of drug-likeness (QED) is 0.0172. The van der Waals surface area contributed by atoms with Crippen LogP contribution in [0.3, 0.4) is 0 Å². The van der Waals surface area contributed by atoms with Crippen LogP contribution >= 0.6 is 0 Å². The Morgan fingerprint density at radius 2 is 0.529 bits per heavy atom. The van der Waals surface area contributed by atoms with Crippen molar-refractivity contribution >= 4 is 150 Å². The lowest BCUT2D eigenvalue weighted by molar-refractivity contribution is -0.362. The third kappa shape index (κ3) is 20.1. The van der Waals surface area contributed by atoms with Gasteiger partial charge in [0.2, 0.25) is 0 Å². The van der Waals surface area contributed by atoms with E-state index < -0.39 is 162 Å². The molecule has 0 saturated carbocycles. The van der Waals surface area contributed by atoms with Crippen molar-refractivity contribution in [3.05, 3.63) is 150 Å². The molecule has 0 N–H and O–H groups in total. The number of halogens is 12. The number of benzene rings is 5. The van der Waals surface area contributed by atoms with Gasteiger partial charge in [-0.25, -0.2) is 40.8 Å². The van der Waals surface area contributed by atoms with E-state index in [9.17, 15) is 107 Å². The lowest BCUT2D eigenvalue weighted by Gasteiger charge is -2.38. The molecule has 0 saturated heterocycles. The van der Waals surface area contributed by atoms with Gasteiger partial charge in [0.05, 0.1) is 143 Å². The maximum absolute atomic E-state index is 14.1. The lowest BCUT2D eigenvalue weighted by atomic mass is 9.84. The molecular weight excluding hydrogens is 1410 g/mol. The summed E-state index contributed by atoms with van der Waals surface area (Å²) in [6, 6.07) is 12.4. The van der Waals surface area contributed by atoms with Gasteiger partial charge in [-0.1, -0.05) is 147 Å².